The second-order valence-electron chi connectivity index (χ2n) is 1.67. The zero-order valence-electron chi connectivity index (χ0n) is 6.76. The van der Waals surface area contributed by atoms with E-state index in [1.54, 1.807) is 0 Å². The van der Waals surface area contributed by atoms with Gasteiger partial charge in [-0.3, -0.25) is 9.35 Å². The van der Waals surface area contributed by atoms with Crippen molar-refractivity contribution in [2.24, 2.45) is 0 Å². The molecule has 0 rings (SSSR count). The number of hydrogen-bond donors (Lipinski definition) is 4. The van der Waals surface area contributed by atoms with Crippen LogP contribution in [0.3, 0.4) is 0 Å². The molecule has 0 heterocycles. The summed E-state index contributed by atoms with van der Waals surface area (Å²) in [5.74, 6) is -1.62. The third-order valence-electron chi connectivity index (χ3n) is 0.772. The average Bonchev–Trinajstić information content (AvgIpc) is 1.80. The quantitative estimate of drug-likeness (QED) is 0.222. The largest absolute Gasteiger partial charge is 1.00 e. The van der Waals surface area contributed by atoms with Crippen molar-refractivity contribution in [3.05, 3.63) is 0 Å². The Labute approximate surface area is 103 Å². The fourth-order valence-electron chi connectivity index (χ4n) is 0.346. The molecule has 5 N–H and O–H groups in total. The van der Waals surface area contributed by atoms with Gasteiger partial charge in [-0.1, -0.05) is 0 Å². The Morgan fingerprint density at radius 2 is 1.92 bits per heavy atom. The molecule has 10 heteroatoms. The minimum absolute atomic E-state index is 0. The number of rotatable bonds is 4. The molecule has 13 heavy (non-hydrogen) atoms. The molecule has 1 atom stereocenters. The molecule has 0 aromatic carbocycles. The fraction of sp³-hybridized carbons (Fsp3) is 0.667. The molecule has 0 aliphatic heterocycles. The van der Waals surface area contributed by atoms with Crippen LogP contribution < -0.4 is 34.3 Å². The van der Waals surface area contributed by atoms with Gasteiger partial charge in [0.25, 0.3) is 0 Å². The smallest absolute Gasteiger partial charge is 0.480 e. The molecule has 0 saturated carbocycles. The van der Waals surface area contributed by atoms with Gasteiger partial charge in [-0.2, -0.15) is 25.8 Å². The van der Waals surface area contributed by atoms with Gasteiger partial charge in [0.05, 0.1) is 0 Å². The summed E-state index contributed by atoms with van der Waals surface area (Å²) in [5.41, 5.74) is 0. The molecule has 0 saturated heterocycles. The molecule has 0 aromatic rings. The molecule has 0 aliphatic carbocycles. The van der Waals surface area contributed by atoms with Crippen LogP contribution >= 0.6 is 12.6 Å². The van der Waals surface area contributed by atoms with Crippen molar-refractivity contribution in [1.29, 1.82) is 0 Å². The van der Waals surface area contributed by atoms with E-state index in [4.69, 9.17) is 9.66 Å². The first-order valence-electron chi connectivity index (χ1n) is 2.45. The molecule has 0 amide bonds. The molecular formula is C3H9NNaO6S2+. The van der Waals surface area contributed by atoms with Gasteiger partial charge < -0.3 is 10.6 Å². The Balaban J connectivity index is -0.000000500. The molecule has 7 nitrogen and oxygen atoms in total. The summed E-state index contributed by atoms with van der Waals surface area (Å²) in [6, 6.07) is -1.40. The van der Waals surface area contributed by atoms with Crippen molar-refractivity contribution in [1.82, 2.24) is 4.72 Å². The summed E-state index contributed by atoms with van der Waals surface area (Å²) in [7, 11) is -4.46. The van der Waals surface area contributed by atoms with E-state index < -0.39 is 22.3 Å². The van der Waals surface area contributed by atoms with Crippen molar-refractivity contribution >= 4 is 28.9 Å². The predicted molar refractivity (Wildman–Crippen MR) is 43.6 cm³/mol. The number of carbonyl (C=O) groups is 1. The summed E-state index contributed by atoms with van der Waals surface area (Å²) >= 11 is 3.55. The minimum atomic E-state index is -4.46. The minimum Gasteiger partial charge on any atom is -0.480 e. The third-order valence-corrected chi connectivity index (χ3v) is 1.72. The Morgan fingerprint density at radius 1 is 1.54 bits per heavy atom. The number of carboxylic acid groups (broad SMARTS) is 1. The second-order valence-corrected chi connectivity index (χ2v) is 3.22. The SMILES string of the molecule is O.O=C(O)[C@@H](CS)NS(=O)(=O)O.[Na+]. The number of nitrogens with one attached hydrogen (secondary N) is 1. The van der Waals surface area contributed by atoms with Gasteiger partial charge in [0.2, 0.25) is 0 Å². The van der Waals surface area contributed by atoms with Crippen LogP contribution in [-0.4, -0.2) is 41.3 Å². The van der Waals surface area contributed by atoms with Crippen molar-refractivity contribution in [3.63, 3.8) is 0 Å². The summed E-state index contributed by atoms with van der Waals surface area (Å²) in [6.45, 7) is 0. The van der Waals surface area contributed by atoms with Gasteiger partial charge >= 0.3 is 45.8 Å². The van der Waals surface area contributed by atoms with Crippen LogP contribution in [0.2, 0.25) is 0 Å². The van der Waals surface area contributed by atoms with Crippen LogP contribution in [-0.2, 0) is 15.1 Å². The molecule has 0 unspecified atom stereocenters. The fourth-order valence-corrected chi connectivity index (χ4v) is 1.26. The maximum Gasteiger partial charge on any atom is 1.00 e. The van der Waals surface area contributed by atoms with E-state index in [0.717, 1.165) is 0 Å². The molecule has 0 aliphatic rings. The Morgan fingerprint density at radius 3 is 2.00 bits per heavy atom. The van der Waals surface area contributed by atoms with Gasteiger partial charge in [-0.05, 0) is 0 Å². The number of aliphatic carboxylic acids is 1. The first-order valence-corrected chi connectivity index (χ1v) is 4.52. The number of hydrogen-bond acceptors (Lipinski definition) is 4. The van der Waals surface area contributed by atoms with E-state index in [1.165, 1.54) is 4.72 Å². The zero-order valence-corrected chi connectivity index (χ0v) is 10.5. The molecule has 0 aromatic heterocycles. The van der Waals surface area contributed by atoms with E-state index in [2.05, 4.69) is 12.6 Å². The van der Waals surface area contributed by atoms with E-state index in [9.17, 15) is 13.2 Å². The first-order chi connectivity index (χ1) is 4.87. The average molecular weight is 242 g/mol. The van der Waals surface area contributed by atoms with E-state index >= 15 is 0 Å². The second kappa shape index (κ2) is 8.00. The van der Waals surface area contributed by atoms with Crippen LogP contribution in [0.15, 0.2) is 0 Å². The Bertz CT molecular complexity index is 240. The summed E-state index contributed by atoms with van der Waals surface area (Å²) in [4.78, 5) is 10.1. The van der Waals surface area contributed by atoms with Gasteiger partial charge in [0.1, 0.15) is 6.04 Å². The van der Waals surface area contributed by atoms with Gasteiger partial charge in [0, 0.05) is 5.75 Å². The van der Waals surface area contributed by atoms with Gasteiger partial charge in [-0.15, -0.1) is 0 Å². The Hall–Kier alpha value is 0.650. The van der Waals surface area contributed by atoms with Crippen LogP contribution in [0.4, 0.5) is 0 Å². The van der Waals surface area contributed by atoms with Crippen molar-refractivity contribution in [2.75, 3.05) is 5.75 Å². The standard InChI is InChI=1S/C3H7NO5S2.Na.H2O/c5-3(6)2(1-10)4-11(7,8)9;;/h2,4,10H,1H2,(H,5,6)(H,7,8,9);;1H2/q;+1;/t2-;;/m1../s1. The van der Waals surface area contributed by atoms with Crippen LogP contribution in [0, 0.1) is 0 Å². The summed E-state index contributed by atoms with van der Waals surface area (Å²) in [6.07, 6.45) is 0. The monoisotopic (exact) mass is 242 g/mol. The van der Waals surface area contributed by atoms with E-state index in [1.807, 2.05) is 0 Å². The van der Waals surface area contributed by atoms with E-state index in [0.29, 0.717) is 0 Å². The summed E-state index contributed by atoms with van der Waals surface area (Å²) < 4.78 is 29.7. The number of carboxylic acids is 1. The predicted octanol–water partition coefficient (Wildman–Crippen LogP) is -5.06. The summed E-state index contributed by atoms with van der Waals surface area (Å²) in [5, 5.41) is 8.25. The van der Waals surface area contributed by atoms with Crippen molar-refractivity contribution < 1.29 is 57.9 Å². The van der Waals surface area contributed by atoms with Crippen molar-refractivity contribution in [3.8, 4) is 0 Å². The first kappa shape index (κ1) is 19.3. The Kier molecular flexibility index (Phi) is 11.9. The zero-order chi connectivity index (χ0) is 9.07. The molecule has 0 bridgehead atoms. The normalized spacial score (nSPS) is 12.2. The molecule has 74 valence electrons. The van der Waals surface area contributed by atoms with E-state index in [-0.39, 0.29) is 40.8 Å². The van der Waals surface area contributed by atoms with Crippen LogP contribution in [0.1, 0.15) is 0 Å². The molecule has 0 spiro atoms. The topological polar surface area (TPSA) is 135 Å². The molecular weight excluding hydrogens is 233 g/mol. The van der Waals surface area contributed by atoms with Crippen LogP contribution in [0.5, 0.6) is 0 Å². The van der Waals surface area contributed by atoms with Crippen molar-refractivity contribution in [2.45, 2.75) is 6.04 Å². The van der Waals surface area contributed by atoms with Crippen LogP contribution in [0.25, 0.3) is 0 Å². The van der Waals surface area contributed by atoms with Gasteiger partial charge in [0.15, 0.2) is 0 Å². The van der Waals surface area contributed by atoms with Gasteiger partial charge in [-0.25, -0.2) is 0 Å². The molecule has 0 fully saturated rings. The maximum atomic E-state index is 10.1. The number of thiol groups is 1. The maximum absolute atomic E-state index is 10.1. The third kappa shape index (κ3) is 10.6. The molecule has 0 radical (unpaired) electrons.